The Bertz CT molecular complexity index is 1040. The Kier molecular flexibility index (Phi) is 5.91. The molecule has 146 valence electrons. The number of benzene rings is 1. The van der Waals surface area contributed by atoms with Crippen molar-refractivity contribution in [2.24, 2.45) is 0 Å². The second kappa shape index (κ2) is 8.37. The summed E-state index contributed by atoms with van der Waals surface area (Å²) in [6.45, 7) is 4.24. The molecular weight excluding hydrogens is 378 g/mol. The van der Waals surface area contributed by atoms with Gasteiger partial charge < -0.3 is 9.73 Å². The number of amides is 1. The first kappa shape index (κ1) is 19.8. The van der Waals surface area contributed by atoms with Crippen LogP contribution in [-0.4, -0.2) is 19.3 Å². The van der Waals surface area contributed by atoms with Gasteiger partial charge in [0.05, 0.1) is 0 Å². The molecule has 28 heavy (non-hydrogen) atoms. The van der Waals surface area contributed by atoms with Gasteiger partial charge in [0.2, 0.25) is 5.09 Å². The van der Waals surface area contributed by atoms with E-state index in [-0.39, 0.29) is 17.4 Å². The average molecular weight is 399 g/mol. The number of hydrogen-bond donors (Lipinski definition) is 2. The fourth-order valence-electron chi connectivity index (χ4n) is 2.48. The van der Waals surface area contributed by atoms with Crippen molar-refractivity contribution in [2.45, 2.75) is 31.4 Å². The number of hydrogen-bond acceptors (Lipinski definition) is 5. The summed E-state index contributed by atoms with van der Waals surface area (Å²) in [5, 5.41) is 2.37. The molecule has 2 N–H and O–H groups in total. The van der Waals surface area contributed by atoms with Gasteiger partial charge in [-0.05, 0) is 47.4 Å². The molecule has 8 heteroatoms. The van der Waals surface area contributed by atoms with Gasteiger partial charge in [-0.25, -0.2) is 13.1 Å². The highest BCUT2D eigenvalue weighted by atomic mass is 32.2. The predicted octanol–water partition coefficient (Wildman–Crippen LogP) is 3.53. The van der Waals surface area contributed by atoms with E-state index >= 15 is 0 Å². The van der Waals surface area contributed by atoms with E-state index < -0.39 is 15.9 Å². The molecule has 0 aliphatic rings. The van der Waals surface area contributed by atoms with E-state index in [9.17, 15) is 13.2 Å². The van der Waals surface area contributed by atoms with E-state index in [4.69, 9.17) is 4.42 Å². The lowest BCUT2D eigenvalue weighted by Crippen LogP contribution is -2.22. The maximum Gasteiger partial charge on any atom is 0.291 e. The molecule has 0 aliphatic heterocycles. The third kappa shape index (κ3) is 4.85. The summed E-state index contributed by atoms with van der Waals surface area (Å²) in [4.78, 5) is 16.3. The van der Waals surface area contributed by atoms with Crippen LogP contribution in [0.2, 0.25) is 0 Å². The molecule has 3 aromatic rings. The Balaban J connectivity index is 1.65. The zero-order chi connectivity index (χ0) is 20.1. The van der Waals surface area contributed by atoms with E-state index in [2.05, 4.69) is 28.9 Å². The van der Waals surface area contributed by atoms with Gasteiger partial charge in [-0.15, -0.1) is 0 Å². The lowest BCUT2D eigenvalue weighted by Gasteiger charge is -2.07. The summed E-state index contributed by atoms with van der Waals surface area (Å²) in [7, 11) is -3.88. The summed E-state index contributed by atoms with van der Waals surface area (Å²) < 4.78 is 32.4. The van der Waals surface area contributed by atoms with Gasteiger partial charge in [-0.1, -0.05) is 32.0 Å². The van der Waals surface area contributed by atoms with Crippen molar-refractivity contribution in [1.29, 1.82) is 0 Å². The van der Waals surface area contributed by atoms with Crippen LogP contribution in [0.5, 0.6) is 0 Å². The SMILES string of the molecule is CC(C)c1ccc(NC(=O)c2ccc(S(=O)(=O)NCc3cccnc3)o2)cc1. The fourth-order valence-corrected chi connectivity index (χ4v) is 3.43. The van der Waals surface area contributed by atoms with E-state index in [1.165, 1.54) is 12.1 Å². The highest BCUT2D eigenvalue weighted by molar-refractivity contribution is 7.89. The van der Waals surface area contributed by atoms with Crippen LogP contribution in [0.3, 0.4) is 0 Å². The minimum atomic E-state index is -3.88. The first-order chi connectivity index (χ1) is 13.3. The highest BCUT2D eigenvalue weighted by Crippen LogP contribution is 2.19. The first-order valence-electron chi connectivity index (χ1n) is 8.75. The third-order valence-corrected chi connectivity index (χ3v) is 5.37. The van der Waals surface area contributed by atoms with E-state index in [0.29, 0.717) is 17.2 Å². The second-order valence-electron chi connectivity index (χ2n) is 6.54. The minimum absolute atomic E-state index is 0.0700. The van der Waals surface area contributed by atoms with E-state index in [0.717, 1.165) is 5.56 Å². The quantitative estimate of drug-likeness (QED) is 0.633. The summed E-state index contributed by atoms with van der Waals surface area (Å²) in [5.74, 6) is -0.220. The van der Waals surface area contributed by atoms with Crippen LogP contribution in [0.15, 0.2) is 70.4 Å². The van der Waals surface area contributed by atoms with Crippen molar-refractivity contribution in [3.05, 3.63) is 77.8 Å². The van der Waals surface area contributed by atoms with Gasteiger partial charge in [-0.2, -0.15) is 0 Å². The van der Waals surface area contributed by atoms with Crippen LogP contribution in [0.1, 0.15) is 41.4 Å². The molecule has 3 rings (SSSR count). The van der Waals surface area contributed by atoms with Crippen molar-refractivity contribution in [1.82, 2.24) is 9.71 Å². The van der Waals surface area contributed by atoms with Gasteiger partial charge in [0.15, 0.2) is 5.76 Å². The normalized spacial score (nSPS) is 11.5. The number of nitrogens with one attached hydrogen (secondary N) is 2. The Morgan fingerprint density at radius 3 is 2.50 bits per heavy atom. The molecular formula is C20H21N3O4S. The second-order valence-corrected chi connectivity index (χ2v) is 8.23. The third-order valence-electron chi connectivity index (χ3n) is 4.09. The maximum absolute atomic E-state index is 12.3. The summed E-state index contributed by atoms with van der Waals surface area (Å²) in [6, 6.07) is 13.5. The maximum atomic E-state index is 12.3. The molecule has 0 spiro atoms. The molecule has 0 saturated heterocycles. The number of aromatic nitrogens is 1. The molecule has 0 saturated carbocycles. The number of nitrogens with zero attached hydrogens (tertiary/aromatic N) is 1. The lowest BCUT2D eigenvalue weighted by molar-refractivity contribution is 0.0991. The molecule has 0 fully saturated rings. The van der Waals surface area contributed by atoms with Gasteiger partial charge in [0.1, 0.15) is 0 Å². The van der Waals surface area contributed by atoms with Gasteiger partial charge in [0, 0.05) is 24.6 Å². The molecule has 0 atom stereocenters. The molecule has 0 radical (unpaired) electrons. The van der Waals surface area contributed by atoms with Crippen LogP contribution in [0, 0.1) is 0 Å². The number of anilines is 1. The highest BCUT2D eigenvalue weighted by Gasteiger charge is 2.21. The first-order valence-corrected chi connectivity index (χ1v) is 10.2. The van der Waals surface area contributed by atoms with Crippen molar-refractivity contribution < 1.29 is 17.6 Å². The summed E-state index contributed by atoms with van der Waals surface area (Å²) in [6.07, 6.45) is 3.17. The fraction of sp³-hybridized carbons (Fsp3) is 0.200. The molecule has 1 amide bonds. The molecule has 0 bridgehead atoms. The monoisotopic (exact) mass is 399 g/mol. The van der Waals surface area contributed by atoms with Crippen molar-refractivity contribution in [3.63, 3.8) is 0 Å². The number of carbonyl (C=O) groups excluding carboxylic acids is 1. The molecule has 0 aliphatic carbocycles. The smallest absolute Gasteiger partial charge is 0.291 e. The van der Waals surface area contributed by atoms with Crippen LogP contribution in [0.4, 0.5) is 5.69 Å². The zero-order valence-corrected chi connectivity index (χ0v) is 16.4. The Labute approximate surface area is 163 Å². The molecule has 7 nitrogen and oxygen atoms in total. The molecule has 0 unspecified atom stereocenters. The standard InChI is InChI=1S/C20H21N3O4S/c1-14(2)16-5-7-17(8-6-16)23-20(24)18-9-10-19(27-18)28(25,26)22-13-15-4-3-11-21-12-15/h3-12,14,22H,13H2,1-2H3,(H,23,24). The Hall–Kier alpha value is -2.97. The number of sulfonamides is 1. The largest absolute Gasteiger partial charge is 0.438 e. The lowest BCUT2D eigenvalue weighted by atomic mass is 10.0. The Morgan fingerprint density at radius 2 is 1.86 bits per heavy atom. The topological polar surface area (TPSA) is 101 Å². The van der Waals surface area contributed by atoms with Crippen LogP contribution in [-0.2, 0) is 16.6 Å². The van der Waals surface area contributed by atoms with Gasteiger partial charge >= 0.3 is 0 Å². The van der Waals surface area contributed by atoms with Gasteiger partial charge in [-0.3, -0.25) is 9.78 Å². The predicted molar refractivity (Wildman–Crippen MR) is 105 cm³/mol. The van der Waals surface area contributed by atoms with Crippen LogP contribution in [0.25, 0.3) is 0 Å². The number of furan rings is 1. The zero-order valence-electron chi connectivity index (χ0n) is 15.5. The van der Waals surface area contributed by atoms with Crippen molar-refractivity contribution in [3.8, 4) is 0 Å². The van der Waals surface area contributed by atoms with E-state index in [1.807, 2.05) is 12.1 Å². The molecule has 2 heterocycles. The van der Waals surface area contributed by atoms with Crippen molar-refractivity contribution >= 4 is 21.6 Å². The molecule has 1 aromatic carbocycles. The number of rotatable bonds is 7. The van der Waals surface area contributed by atoms with Crippen molar-refractivity contribution in [2.75, 3.05) is 5.32 Å². The van der Waals surface area contributed by atoms with Crippen LogP contribution >= 0.6 is 0 Å². The summed E-state index contributed by atoms with van der Waals surface area (Å²) in [5.41, 5.74) is 2.47. The van der Waals surface area contributed by atoms with Crippen LogP contribution < -0.4 is 10.0 Å². The molecule has 2 aromatic heterocycles. The minimum Gasteiger partial charge on any atom is -0.438 e. The average Bonchev–Trinajstić information content (AvgIpc) is 3.19. The van der Waals surface area contributed by atoms with E-state index in [1.54, 1.807) is 36.7 Å². The number of carbonyl (C=O) groups is 1. The van der Waals surface area contributed by atoms with Gasteiger partial charge in [0.25, 0.3) is 15.9 Å². The summed E-state index contributed by atoms with van der Waals surface area (Å²) >= 11 is 0. The number of pyridine rings is 1. The Morgan fingerprint density at radius 1 is 1.11 bits per heavy atom.